The van der Waals surface area contributed by atoms with E-state index in [-0.39, 0.29) is 6.04 Å². The first-order valence-electron chi connectivity index (χ1n) is 7.92. The van der Waals surface area contributed by atoms with E-state index in [0.29, 0.717) is 0 Å². The van der Waals surface area contributed by atoms with Gasteiger partial charge in [0.25, 0.3) is 0 Å². The first-order valence-corrected chi connectivity index (χ1v) is 8.86. The van der Waals surface area contributed by atoms with Crippen LogP contribution in [0.2, 0.25) is 0 Å². The van der Waals surface area contributed by atoms with Crippen molar-refractivity contribution in [3.05, 3.63) is 77.0 Å². The Hall–Kier alpha value is -2.72. The molecule has 0 spiro atoms. The predicted molar refractivity (Wildman–Crippen MR) is 101 cm³/mol. The molecule has 3 nitrogen and oxygen atoms in total. The van der Waals surface area contributed by atoms with Crippen molar-refractivity contribution in [2.45, 2.75) is 13.0 Å². The van der Waals surface area contributed by atoms with Crippen molar-refractivity contribution < 1.29 is 0 Å². The quantitative estimate of drug-likeness (QED) is 0.534. The third kappa shape index (κ3) is 2.76. The van der Waals surface area contributed by atoms with Gasteiger partial charge in [-0.15, -0.1) is 10.2 Å². The third-order valence-corrected chi connectivity index (χ3v) is 4.82. The number of thiophene rings is 1. The lowest BCUT2D eigenvalue weighted by Crippen LogP contribution is -2.09. The van der Waals surface area contributed by atoms with Crippen LogP contribution in [0.1, 0.15) is 18.5 Å². The number of aromatic nitrogens is 2. The molecule has 0 saturated carbocycles. The molecule has 2 aromatic carbocycles. The fourth-order valence-electron chi connectivity index (χ4n) is 2.85. The molecule has 0 bridgehead atoms. The molecule has 0 aliphatic rings. The molecule has 0 aliphatic carbocycles. The molecular formula is C20H17N3S. The summed E-state index contributed by atoms with van der Waals surface area (Å²) < 4.78 is 0. The average Bonchev–Trinajstić information content (AvgIpc) is 3.17. The SMILES string of the molecule is C[C@@H](Nc1nnc(-c2ccsc2)c2ccccc12)c1ccccc1. The second-order valence-electron chi connectivity index (χ2n) is 5.73. The van der Waals surface area contributed by atoms with Crippen LogP contribution in [0.15, 0.2) is 71.4 Å². The first kappa shape index (κ1) is 14.8. The Balaban J connectivity index is 1.76. The van der Waals surface area contributed by atoms with Crippen molar-refractivity contribution in [1.82, 2.24) is 10.2 Å². The Morgan fingerprint density at radius 1 is 0.875 bits per heavy atom. The van der Waals surface area contributed by atoms with Crippen molar-refractivity contribution in [3.63, 3.8) is 0 Å². The molecule has 24 heavy (non-hydrogen) atoms. The smallest absolute Gasteiger partial charge is 0.157 e. The van der Waals surface area contributed by atoms with Gasteiger partial charge in [-0.25, -0.2) is 0 Å². The highest BCUT2D eigenvalue weighted by Gasteiger charge is 2.13. The van der Waals surface area contributed by atoms with Crippen molar-refractivity contribution in [2.75, 3.05) is 5.32 Å². The van der Waals surface area contributed by atoms with E-state index in [1.165, 1.54) is 5.56 Å². The number of fused-ring (bicyclic) bond motifs is 1. The van der Waals surface area contributed by atoms with E-state index in [2.05, 4.69) is 75.7 Å². The van der Waals surface area contributed by atoms with Crippen LogP contribution < -0.4 is 5.32 Å². The highest BCUT2D eigenvalue weighted by atomic mass is 32.1. The summed E-state index contributed by atoms with van der Waals surface area (Å²) in [7, 11) is 0. The average molecular weight is 331 g/mol. The largest absolute Gasteiger partial charge is 0.362 e. The zero-order valence-corrected chi connectivity index (χ0v) is 14.1. The molecule has 0 unspecified atom stereocenters. The van der Waals surface area contributed by atoms with Crippen LogP contribution >= 0.6 is 11.3 Å². The van der Waals surface area contributed by atoms with Crippen LogP contribution in [0.25, 0.3) is 22.0 Å². The van der Waals surface area contributed by atoms with Crippen molar-refractivity contribution >= 4 is 27.9 Å². The summed E-state index contributed by atoms with van der Waals surface area (Å²) in [4.78, 5) is 0. The van der Waals surface area contributed by atoms with E-state index in [1.807, 2.05) is 18.2 Å². The van der Waals surface area contributed by atoms with E-state index >= 15 is 0 Å². The van der Waals surface area contributed by atoms with E-state index in [4.69, 9.17) is 0 Å². The summed E-state index contributed by atoms with van der Waals surface area (Å²) >= 11 is 1.67. The third-order valence-electron chi connectivity index (χ3n) is 4.13. The predicted octanol–water partition coefficient (Wildman–Crippen LogP) is 5.53. The van der Waals surface area contributed by atoms with E-state index in [9.17, 15) is 0 Å². The van der Waals surface area contributed by atoms with E-state index in [0.717, 1.165) is 27.8 Å². The molecule has 0 fully saturated rings. The maximum absolute atomic E-state index is 4.49. The van der Waals surface area contributed by atoms with Gasteiger partial charge in [0.2, 0.25) is 0 Å². The van der Waals surface area contributed by atoms with Crippen molar-refractivity contribution in [1.29, 1.82) is 0 Å². The molecule has 0 aliphatic heterocycles. The van der Waals surface area contributed by atoms with Crippen LogP contribution in [-0.2, 0) is 0 Å². The standard InChI is InChI=1S/C20H17N3S/c1-14(15-7-3-2-4-8-15)21-20-18-10-6-5-9-17(18)19(22-23-20)16-11-12-24-13-16/h2-14H,1H3,(H,21,23)/t14-/m1/s1. The van der Waals surface area contributed by atoms with Crippen molar-refractivity contribution in [2.24, 2.45) is 0 Å². The topological polar surface area (TPSA) is 37.8 Å². The molecule has 4 rings (SSSR count). The maximum Gasteiger partial charge on any atom is 0.157 e. The highest BCUT2D eigenvalue weighted by Crippen LogP contribution is 2.32. The fraction of sp³-hybridized carbons (Fsp3) is 0.100. The minimum atomic E-state index is 0.163. The molecule has 0 radical (unpaired) electrons. The van der Waals surface area contributed by atoms with Crippen molar-refractivity contribution in [3.8, 4) is 11.3 Å². The lowest BCUT2D eigenvalue weighted by molar-refractivity contribution is 0.866. The monoisotopic (exact) mass is 331 g/mol. The van der Waals surface area contributed by atoms with Gasteiger partial charge in [-0.05, 0) is 23.9 Å². The van der Waals surface area contributed by atoms with Gasteiger partial charge in [0, 0.05) is 21.7 Å². The van der Waals surface area contributed by atoms with Crippen LogP contribution in [0, 0.1) is 0 Å². The second kappa shape index (κ2) is 6.42. The molecule has 118 valence electrons. The Morgan fingerprint density at radius 2 is 1.62 bits per heavy atom. The number of anilines is 1. The van der Waals surface area contributed by atoms with Gasteiger partial charge >= 0.3 is 0 Å². The van der Waals surface area contributed by atoms with Crippen LogP contribution in [-0.4, -0.2) is 10.2 Å². The molecule has 4 aromatic rings. The van der Waals surface area contributed by atoms with Gasteiger partial charge in [-0.2, -0.15) is 11.3 Å². The molecule has 2 aromatic heterocycles. The van der Waals surface area contributed by atoms with Crippen LogP contribution in [0.5, 0.6) is 0 Å². The van der Waals surface area contributed by atoms with Gasteiger partial charge in [0.1, 0.15) is 5.69 Å². The Bertz CT molecular complexity index is 949. The first-order chi connectivity index (χ1) is 11.8. The van der Waals surface area contributed by atoms with Gasteiger partial charge in [-0.1, -0.05) is 54.6 Å². The lowest BCUT2D eigenvalue weighted by Gasteiger charge is -2.16. The summed E-state index contributed by atoms with van der Waals surface area (Å²) in [5.74, 6) is 0.820. The molecule has 2 heterocycles. The summed E-state index contributed by atoms with van der Waals surface area (Å²) in [6.07, 6.45) is 0. The number of rotatable bonds is 4. The zero-order chi connectivity index (χ0) is 16.4. The minimum absolute atomic E-state index is 0.163. The van der Waals surface area contributed by atoms with Crippen LogP contribution in [0.4, 0.5) is 5.82 Å². The molecular weight excluding hydrogens is 314 g/mol. The Morgan fingerprint density at radius 3 is 2.38 bits per heavy atom. The molecule has 0 amide bonds. The number of nitrogens with zero attached hydrogens (tertiary/aromatic N) is 2. The fourth-order valence-corrected chi connectivity index (χ4v) is 3.49. The minimum Gasteiger partial charge on any atom is -0.362 e. The zero-order valence-electron chi connectivity index (χ0n) is 13.3. The molecule has 1 atom stereocenters. The number of nitrogens with one attached hydrogen (secondary N) is 1. The van der Waals surface area contributed by atoms with E-state index < -0.39 is 0 Å². The maximum atomic E-state index is 4.49. The number of hydrogen-bond acceptors (Lipinski definition) is 4. The number of hydrogen-bond donors (Lipinski definition) is 1. The summed E-state index contributed by atoms with van der Waals surface area (Å²) in [6.45, 7) is 2.14. The van der Waals surface area contributed by atoms with Gasteiger partial charge in [-0.3, -0.25) is 0 Å². The Labute approximate surface area is 145 Å². The van der Waals surface area contributed by atoms with Gasteiger partial charge < -0.3 is 5.32 Å². The normalized spacial score (nSPS) is 12.2. The lowest BCUT2D eigenvalue weighted by atomic mass is 10.1. The second-order valence-corrected chi connectivity index (χ2v) is 6.51. The summed E-state index contributed by atoms with van der Waals surface area (Å²) in [5, 5.41) is 18.8. The highest BCUT2D eigenvalue weighted by molar-refractivity contribution is 7.08. The summed E-state index contributed by atoms with van der Waals surface area (Å²) in [6, 6.07) is 20.9. The number of benzene rings is 2. The molecule has 0 saturated heterocycles. The summed E-state index contributed by atoms with van der Waals surface area (Å²) in [5.41, 5.74) is 3.28. The molecule has 4 heteroatoms. The van der Waals surface area contributed by atoms with E-state index in [1.54, 1.807) is 11.3 Å². The molecule has 1 N–H and O–H groups in total. The van der Waals surface area contributed by atoms with Crippen LogP contribution in [0.3, 0.4) is 0 Å². The van der Waals surface area contributed by atoms with Gasteiger partial charge in [0.05, 0.1) is 6.04 Å². The Kier molecular flexibility index (Phi) is 3.97. The van der Waals surface area contributed by atoms with Gasteiger partial charge in [0.15, 0.2) is 5.82 Å².